The number of fused-ring (bicyclic) bond motifs is 3. The predicted octanol–water partition coefficient (Wildman–Crippen LogP) is 3.94. The first-order chi connectivity index (χ1) is 9.43. The van der Waals surface area contributed by atoms with Crippen molar-refractivity contribution in [3.63, 3.8) is 0 Å². The van der Waals surface area contributed by atoms with E-state index in [1.807, 2.05) is 0 Å². The summed E-state index contributed by atoms with van der Waals surface area (Å²) in [5.74, 6) is 0.834. The van der Waals surface area contributed by atoms with Gasteiger partial charge in [-0.3, -0.25) is 0 Å². The molecule has 2 aliphatic rings. The minimum absolute atomic E-state index is 0.566. The molecule has 0 saturated heterocycles. The maximum Gasteiger partial charge on any atom is 0.0504 e. The summed E-state index contributed by atoms with van der Waals surface area (Å²) in [6, 6.07) is 9.34. The summed E-state index contributed by atoms with van der Waals surface area (Å²) in [5, 5.41) is 5.22. The van der Waals surface area contributed by atoms with Gasteiger partial charge in [-0.2, -0.15) is 0 Å². The lowest BCUT2D eigenvalue weighted by Gasteiger charge is -2.34. The zero-order valence-electron chi connectivity index (χ0n) is 11.4. The van der Waals surface area contributed by atoms with Crippen LogP contribution in [0.25, 0.3) is 10.9 Å². The van der Waals surface area contributed by atoms with Gasteiger partial charge in [0, 0.05) is 16.6 Å². The van der Waals surface area contributed by atoms with Crippen LogP contribution >= 0.6 is 0 Å². The van der Waals surface area contributed by atoms with Crippen LogP contribution in [-0.2, 0) is 6.42 Å². The summed E-state index contributed by atoms with van der Waals surface area (Å²) in [6.07, 6.45) is 8.22. The Labute approximate surface area is 114 Å². The molecule has 2 heterocycles. The van der Waals surface area contributed by atoms with Crippen LogP contribution < -0.4 is 5.32 Å². The molecule has 1 aromatic carbocycles. The quantitative estimate of drug-likeness (QED) is 0.792. The second kappa shape index (κ2) is 4.68. The molecular weight excluding hydrogens is 232 g/mol. The van der Waals surface area contributed by atoms with Crippen molar-refractivity contribution in [3.8, 4) is 0 Å². The maximum atomic E-state index is 3.77. The Kier molecular flexibility index (Phi) is 2.84. The molecule has 2 aromatic rings. The molecule has 1 aliphatic heterocycles. The van der Waals surface area contributed by atoms with Gasteiger partial charge in [-0.1, -0.05) is 37.5 Å². The largest absolute Gasteiger partial charge is 0.357 e. The van der Waals surface area contributed by atoms with Crippen LogP contribution in [0.4, 0.5) is 0 Å². The second-order valence-corrected chi connectivity index (χ2v) is 6.14. The second-order valence-electron chi connectivity index (χ2n) is 6.14. The molecule has 1 aromatic heterocycles. The fourth-order valence-electron chi connectivity index (χ4n) is 4.08. The molecule has 0 radical (unpaired) electrons. The molecule has 0 spiro atoms. The first kappa shape index (κ1) is 11.5. The topological polar surface area (TPSA) is 27.8 Å². The van der Waals surface area contributed by atoms with Crippen molar-refractivity contribution in [2.75, 3.05) is 6.54 Å². The molecule has 2 nitrogen and oxygen atoms in total. The van der Waals surface area contributed by atoms with Gasteiger partial charge in [-0.15, -0.1) is 0 Å². The summed E-state index contributed by atoms with van der Waals surface area (Å²) in [6.45, 7) is 1.13. The van der Waals surface area contributed by atoms with Gasteiger partial charge in [-0.25, -0.2) is 0 Å². The van der Waals surface area contributed by atoms with Crippen molar-refractivity contribution in [2.24, 2.45) is 5.92 Å². The number of para-hydroxylation sites is 1. The van der Waals surface area contributed by atoms with Crippen molar-refractivity contribution in [3.05, 3.63) is 35.5 Å². The lowest BCUT2D eigenvalue weighted by atomic mass is 9.80. The van der Waals surface area contributed by atoms with Gasteiger partial charge in [-0.05, 0) is 43.4 Å². The standard InChI is InChI=1S/C17H22N2/c1-2-6-12(7-3-1)16-17-14(10-11-18-16)13-8-4-5-9-15(13)19-17/h4-5,8-9,12,16,18-19H,1-3,6-7,10-11H2/t16-/m0/s1. The van der Waals surface area contributed by atoms with E-state index in [0.717, 1.165) is 12.5 Å². The van der Waals surface area contributed by atoms with Crippen LogP contribution in [-0.4, -0.2) is 11.5 Å². The lowest BCUT2D eigenvalue weighted by molar-refractivity contribution is 0.262. The Morgan fingerprint density at radius 3 is 2.74 bits per heavy atom. The summed E-state index contributed by atoms with van der Waals surface area (Å²) in [7, 11) is 0. The van der Waals surface area contributed by atoms with E-state index in [2.05, 4.69) is 34.6 Å². The number of hydrogen-bond donors (Lipinski definition) is 2. The summed E-state index contributed by atoms with van der Waals surface area (Å²) in [4.78, 5) is 3.70. The van der Waals surface area contributed by atoms with E-state index < -0.39 is 0 Å². The molecule has 1 atom stereocenters. The van der Waals surface area contributed by atoms with E-state index in [1.165, 1.54) is 55.1 Å². The molecule has 0 bridgehead atoms. The van der Waals surface area contributed by atoms with Crippen LogP contribution in [0.3, 0.4) is 0 Å². The molecule has 1 fully saturated rings. The van der Waals surface area contributed by atoms with E-state index in [1.54, 1.807) is 5.56 Å². The van der Waals surface area contributed by atoms with Gasteiger partial charge in [0.25, 0.3) is 0 Å². The smallest absolute Gasteiger partial charge is 0.0504 e. The number of benzene rings is 1. The number of rotatable bonds is 1. The van der Waals surface area contributed by atoms with Crippen LogP contribution in [0, 0.1) is 5.92 Å². The number of aromatic amines is 1. The summed E-state index contributed by atoms with van der Waals surface area (Å²) >= 11 is 0. The zero-order valence-corrected chi connectivity index (χ0v) is 11.4. The van der Waals surface area contributed by atoms with Crippen LogP contribution in [0.2, 0.25) is 0 Å². The molecule has 2 heteroatoms. The van der Waals surface area contributed by atoms with E-state index in [-0.39, 0.29) is 0 Å². The summed E-state index contributed by atoms with van der Waals surface area (Å²) < 4.78 is 0. The minimum Gasteiger partial charge on any atom is -0.357 e. The number of nitrogens with one attached hydrogen (secondary N) is 2. The molecule has 4 rings (SSSR count). The Morgan fingerprint density at radius 1 is 1.00 bits per heavy atom. The van der Waals surface area contributed by atoms with Gasteiger partial charge in [0.15, 0.2) is 0 Å². The van der Waals surface area contributed by atoms with Gasteiger partial charge in [0.1, 0.15) is 0 Å². The third-order valence-electron chi connectivity index (χ3n) is 5.02. The highest BCUT2D eigenvalue weighted by Gasteiger charge is 2.30. The van der Waals surface area contributed by atoms with E-state index >= 15 is 0 Å². The molecule has 1 aliphatic carbocycles. The Morgan fingerprint density at radius 2 is 1.84 bits per heavy atom. The highest BCUT2D eigenvalue weighted by atomic mass is 15.0. The fourth-order valence-corrected chi connectivity index (χ4v) is 4.08. The monoisotopic (exact) mass is 254 g/mol. The van der Waals surface area contributed by atoms with Gasteiger partial charge in [0.05, 0.1) is 6.04 Å². The van der Waals surface area contributed by atoms with Crippen molar-refractivity contribution in [1.82, 2.24) is 10.3 Å². The van der Waals surface area contributed by atoms with Crippen molar-refractivity contribution < 1.29 is 0 Å². The van der Waals surface area contributed by atoms with Gasteiger partial charge < -0.3 is 10.3 Å². The first-order valence-corrected chi connectivity index (χ1v) is 7.76. The number of H-pyrrole nitrogens is 1. The Balaban J connectivity index is 1.77. The normalized spacial score (nSPS) is 24.5. The van der Waals surface area contributed by atoms with Crippen molar-refractivity contribution in [1.29, 1.82) is 0 Å². The van der Waals surface area contributed by atoms with Crippen LogP contribution in [0.1, 0.15) is 49.4 Å². The molecule has 1 saturated carbocycles. The van der Waals surface area contributed by atoms with Gasteiger partial charge in [0.2, 0.25) is 0 Å². The van der Waals surface area contributed by atoms with Crippen LogP contribution in [0.15, 0.2) is 24.3 Å². The molecule has 0 unspecified atom stereocenters. The summed E-state index contributed by atoms with van der Waals surface area (Å²) in [5.41, 5.74) is 4.38. The van der Waals surface area contributed by atoms with E-state index in [0.29, 0.717) is 6.04 Å². The third kappa shape index (κ3) is 1.90. The zero-order chi connectivity index (χ0) is 12.7. The van der Waals surface area contributed by atoms with Gasteiger partial charge >= 0.3 is 0 Å². The highest BCUT2D eigenvalue weighted by molar-refractivity contribution is 5.85. The highest BCUT2D eigenvalue weighted by Crippen LogP contribution is 2.39. The van der Waals surface area contributed by atoms with E-state index in [9.17, 15) is 0 Å². The molecule has 2 N–H and O–H groups in total. The van der Waals surface area contributed by atoms with Crippen molar-refractivity contribution in [2.45, 2.75) is 44.6 Å². The van der Waals surface area contributed by atoms with Crippen LogP contribution in [0.5, 0.6) is 0 Å². The third-order valence-corrected chi connectivity index (χ3v) is 5.02. The molecule has 19 heavy (non-hydrogen) atoms. The fraction of sp³-hybridized carbons (Fsp3) is 0.529. The predicted molar refractivity (Wildman–Crippen MR) is 79.3 cm³/mol. The average Bonchev–Trinajstić information content (AvgIpc) is 2.87. The Bertz CT molecular complexity index is 578. The number of hydrogen-bond acceptors (Lipinski definition) is 1. The Hall–Kier alpha value is -1.28. The lowest BCUT2D eigenvalue weighted by Crippen LogP contribution is -2.35. The molecule has 0 amide bonds. The first-order valence-electron chi connectivity index (χ1n) is 7.76. The molecule has 100 valence electrons. The molecular formula is C17H22N2. The SMILES string of the molecule is c1ccc2c3c([nH]c2c1)[C@H](C1CCCCC1)NCC3. The van der Waals surface area contributed by atoms with E-state index in [4.69, 9.17) is 0 Å². The maximum absolute atomic E-state index is 3.77. The van der Waals surface area contributed by atoms with Crippen molar-refractivity contribution >= 4 is 10.9 Å². The number of aromatic nitrogens is 1. The average molecular weight is 254 g/mol. The minimum atomic E-state index is 0.566.